The third-order valence-corrected chi connectivity index (χ3v) is 4.43. The Morgan fingerprint density at radius 1 is 1.04 bits per heavy atom. The number of ketones is 2. The highest BCUT2D eigenvalue weighted by Gasteiger charge is 2.37. The van der Waals surface area contributed by atoms with Crippen LogP contribution in [0.3, 0.4) is 0 Å². The predicted octanol–water partition coefficient (Wildman–Crippen LogP) is 2.13. The molecule has 1 heterocycles. The lowest BCUT2D eigenvalue weighted by atomic mass is 9.82. The van der Waals surface area contributed by atoms with Crippen LogP contribution in [0.15, 0.2) is 29.1 Å². The van der Waals surface area contributed by atoms with E-state index in [0.717, 1.165) is 0 Å². The maximum atomic E-state index is 13.0. The smallest absolute Gasteiger partial charge is 0.340 e. The second-order valence-electron chi connectivity index (χ2n) is 5.86. The van der Waals surface area contributed by atoms with Crippen molar-refractivity contribution in [1.82, 2.24) is 4.57 Å². The van der Waals surface area contributed by atoms with Crippen LogP contribution in [0.5, 0.6) is 0 Å². The van der Waals surface area contributed by atoms with Crippen molar-refractivity contribution in [3.8, 4) is 0 Å². The van der Waals surface area contributed by atoms with E-state index in [2.05, 4.69) is 0 Å². The topological polar surface area (TPSA) is 82.4 Å². The number of nitrogens with zero attached hydrogens (tertiary/aromatic N) is 1. The molecular weight excluding hydrogens is 322 g/mol. The van der Waals surface area contributed by atoms with E-state index in [0.29, 0.717) is 18.7 Å². The minimum absolute atomic E-state index is 0.0154. The molecule has 1 aromatic carbocycles. The second kappa shape index (κ2) is 6.12. The van der Waals surface area contributed by atoms with Crippen molar-refractivity contribution in [2.45, 2.75) is 26.8 Å². The van der Waals surface area contributed by atoms with Crippen molar-refractivity contribution in [3.63, 3.8) is 0 Å². The zero-order valence-electron chi connectivity index (χ0n) is 14.2. The van der Waals surface area contributed by atoms with E-state index in [4.69, 9.17) is 4.74 Å². The predicted molar refractivity (Wildman–Crippen MR) is 90.4 cm³/mol. The summed E-state index contributed by atoms with van der Waals surface area (Å²) in [6.07, 6.45) is 0.638. The number of hydrogen-bond acceptors (Lipinski definition) is 5. The molecule has 0 bridgehead atoms. The molecule has 0 saturated heterocycles. The van der Waals surface area contributed by atoms with Crippen molar-refractivity contribution in [2.24, 2.45) is 0 Å². The van der Waals surface area contributed by atoms with Gasteiger partial charge in [-0.15, -0.1) is 0 Å². The van der Waals surface area contributed by atoms with E-state index in [1.165, 1.54) is 23.8 Å². The summed E-state index contributed by atoms with van der Waals surface area (Å²) in [5.74, 6) is -1.78. The van der Waals surface area contributed by atoms with Gasteiger partial charge in [0.15, 0.2) is 11.6 Å². The molecule has 0 N–H and O–H groups in total. The summed E-state index contributed by atoms with van der Waals surface area (Å²) in [7, 11) is 1.20. The van der Waals surface area contributed by atoms with Gasteiger partial charge in [0.05, 0.1) is 23.8 Å². The van der Waals surface area contributed by atoms with Gasteiger partial charge in [-0.3, -0.25) is 14.4 Å². The fourth-order valence-electron chi connectivity index (χ4n) is 3.27. The Labute approximate surface area is 144 Å². The van der Waals surface area contributed by atoms with Gasteiger partial charge in [0.1, 0.15) is 0 Å². The number of pyridine rings is 1. The molecule has 128 valence electrons. The molecule has 1 aliphatic carbocycles. The highest BCUT2D eigenvalue weighted by atomic mass is 16.5. The standard InChI is InChI=1S/C19H17NO5/c1-4-9-20-10(2)13(19(24)25-3)14-15(18(20)23)17(22)12-8-6-5-7-11(12)16(14)21/h5-8H,4,9H2,1-3H3. The average Bonchev–Trinajstić information content (AvgIpc) is 2.62. The van der Waals surface area contributed by atoms with E-state index >= 15 is 0 Å². The number of carbonyl (C=O) groups is 3. The summed E-state index contributed by atoms with van der Waals surface area (Å²) in [5.41, 5.74) is -0.253. The summed E-state index contributed by atoms with van der Waals surface area (Å²) in [6, 6.07) is 6.30. The van der Waals surface area contributed by atoms with Crippen LogP contribution >= 0.6 is 0 Å². The molecule has 0 spiro atoms. The molecule has 0 unspecified atom stereocenters. The number of carbonyl (C=O) groups excluding carboxylic acids is 3. The van der Waals surface area contributed by atoms with Gasteiger partial charge in [-0.25, -0.2) is 4.79 Å². The molecule has 0 radical (unpaired) electrons. The molecule has 6 nitrogen and oxygen atoms in total. The first kappa shape index (κ1) is 16.8. The first-order chi connectivity index (χ1) is 11.9. The summed E-state index contributed by atoms with van der Waals surface area (Å²) < 4.78 is 6.18. The third-order valence-electron chi connectivity index (χ3n) is 4.43. The highest BCUT2D eigenvalue weighted by Crippen LogP contribution is 2.29. The maximum absolute atomic E-state index is 13.0. The van der Waals surface area contributed by atoms with Crippen molar-refractivity contribution in [2.75, 3.05) is 7.11 Å². The average molecular weight is 339 g/mol. The molecule has 0 fully saturated rings. The quantitative estimate of drug-likeness (QED) is 0.683. The van der Waals surface area contributed by atoms with Crippen molar-refractivity contribution >= 4 is 17.5 Å². The largest absolute Gasteiger partial charge is 0.465 e. The van der Waals surface area contributed by atoms with Gasteiger partial charge >= 0.3 is 5.97 Å². The van der Waals surface area contributed by atoms with Gasteiger partial charge in [0.2, 0.25) is 0 Å². The Kier molecular flexibility index (Phi) is 4.12. The Morgan fingerprint density at radius 2 is 1.60 bits per heavy atom. The number of esters is 1. The van der Waals surface area contributed by atoms with Gasteiger partial charge in [-0.1, -0.05) is 31.2 Å². The zero-order valence-corrected chi connectivity index (χ0v) is 14.2. The number of benzene rings is 1. The maximum Gasteiger partial charge on any atom is 0.340 e. The van der Waals surface area contributed by atoms with Crippen LogP contribution < -0.4 is 5.56 Å². The summed E-state index contributed by atoms with van der Waals surface area (Å²) >= 11 is 0. The Morgan fingerprint density at radius 3 is 2.12 bits per heavy atom. The fourth-order valence-corrected chi connectivity index (χ4v) is 3.27. The molecule has 1 aromatic heterocycles. The first-order valence-electron chi connectivity index (χ1n) is 7.98. The van der Waals surface area contributed by atoms with Gasteiger partial charge in [-0.2, -0.15) is 0 Å². The Balaban J connectivity index is 2.47. The number of ether oxygens (including phenoxy) is 1. The van der Waals surface area contributed by atoms with Crippen LogP contribution in [0.1, 0.15) is 61.2 Å². The molecular formula is C19H17NO5. The lowest BCUT2D eigenvalue weighted by Crippen LogP contribution is -2.37. The van der Waals surface area contributed by atoms with Crippen LogP contribution in [-0.2, 0) is 11.3 Å². The second-order valence-corrected chi connectivity index (χ2v) is 5.86. The molecule has 1 aliphatic rings. The molecule has 0 saturated carbocycles. The molecule has 0 amide bonds. The van der Waals surface area contributed by atoms with E-state index in [1.807, 2.05) is 6.92 Å². The highest BCUT2D eigenvalue weighted by molar-refractivity contribution is 6.30. The zero-order chi connectivity index (χ0) is 18.3. The van der Waals surface area contributed by atoms with Gasteiger partial charge in [0, 0.05) is 23.4 Å². The van der Waals surface area contributed by atoms with E-state index in [9.17, 15) is 19.2 Å². The Hall–Kier alpha value is -3.02. The number of rotatable bonds is 3. The molecule has 0 atom stereocenters. The molecule has 3 rings (SSSR count). The molecule has 25 heavy (non-hydrogen) atoms. The van der Waals surface area contributed by atoms with Gasteiger partial charge in [0.25, 0.3) is 5.56 Å². The van der Waals surface area contributed by atoms with Crippen LogP contribution in [0, 0.1) is 6.92 Å². The lowest BCUT2D eigenvalue weighted by molar-refractivity contribution is 0.0595. The SMILES string of the molecule is CCCn1c(C)c(C(=O)OC)c2c(c1=O)C(=O)c1ccccc1C2=O. The molecule has 0 aliphatic heterocycles. The first-order valence-corrected chi connectivity index (χ1v) is 7.98. The van der Waals surface area contributed by atoms with Gasteiger partial charge in [-0.05, 0) is 13.3 Å². The van der Waals surface area contributed by atoms with Crippen molar-refractivity contribution in [1.29, 1.82) is 0 Å². The van der Waals surface area contributed by atoms with E-state index < -0.39 is 23.1 Å². The minimum atomic E-state index is -0.737. The summed E-state index contributed by atoms with van der Waals surface area (Å²) in [5, 5.41) is 0. The molecule has 2 aromatic rings. The fraction of sp³-hybridized carbons (Fsp3) is 0.263. The van der Waals surface area contributed by atoms with Crippen LogP contribution in [0.25, 0.3) is 0 Å². The molecule has 6 heteroatoms. The number of methoxy groups -OCH3 is 1. The minimum Gasteiger partial charge on any atom is -0.465 e. The summed E-state index contributed by atoms with van der Waals surface area (Å²) in [6.45, 7) is 3.80. The summed E-state index contributed by atoms with van der Waals surface area (Å²) in [4.78, 5) is 51.1. The van der Waals surface area contributed by atoms with Crippen LogP contribution in [0.4, 0.5) is 0 Å². The van der Waals surface area contributed by atoms with Crippen LogP contribution in [0.2, 0.25) is 0 Å². The van der Waals surface area contributed by atoms with Crippen LogP contribution in [-0.4, -0.2) is 29.2 Å². The van der Waals surface area contributed by atoms with E-state index in [-0.39, 0.29) is 27.8 Å². The van der Waals surface area contributed by atoms with Crippen molar-refractivity contribution in [3.05, 3.63) is 68.1 Å². The van der Waals surface area contributed by atoms with Crippen molar-refractivity contribution < 1.29 is 19.1 Å². The number of hydrogen-bond donors (Lipinski definition) is 0. The van der Waals surface area contributed by atoms with E-state index in [1.54, 1.807) is 19.1 Å². The number of fused-ring (bicyclic) bond motifs is 2. The Bertz CT molecular complexity index is 984. The third kappa shape index (κ3) is 2.33. The van der Waals surface area contributed by atoms with Gasteiger partial charge < -0.3 is 9.30 Å². The number of aromatic nitrogens is 1. The normalized spacial score (nSPS) is 12.6. The monoisotopic (exact) mass is 339 g/mol. The lowest BCUT2D eigenvalue weighted by Gasteiger charge is -2.23.